The van der Waals surface area contributed by atoms with Crippen molar-refractivity contribution >= 4 is 70.4 Å². The highest BCUT2D eigenvalue weighted by atomic mass is 32.1. The molecule has 10 rings (SSSR count). The maximum atomic E-state index is 10.5. The molecule has 0 amide bonds. The molecule has 0 saturated carbocycles. The Hall–Kier alpha value is -5.99. The van der Waals surface area contributed by atoms with Gasteiger partial charge in [0.1, 0.15) is 5.69 Å². The van der Waals surface area contributed by atoms with Crippen molar-refractivity contribution in [2.45, 2.75) is 0 Å². The molecule has 1 aliphatic rings. The van der Waals surface area contributed by atoms with Crippen LogP contribution in [0.15, 0.2) is 152 Å². The molecule has 48 heavy (non-hydrogen) atoms. The Morgan fingerprint density at radius 2 is 1.21 bits per heavy atom. The summed E-state index contributed by atoms with van der Waals surface area (Å²) in [5, 5.41) is 15.3. The predicted octanol–water partition coefficient (Wildman–Crippen LogP) is 12.3. The molecular weight excluding hydrogens is 603 g/mol. The highest BCUT2D eigenvalue weighted by molar-refractivity contribution is 7.25. The zero-order valence-electron chi connectivity index (χ0n) is 26.2. The molecule has 9 aromatic rings. The summed E-state index contributed by atoms with van der Waals surface area (Å²) in [7, 11) is 2.30. The smallest absolute Gasteiger partial charge is 0.150 e. The summed E-state index contributed by atoms with van der Waals surface area (Å²) in [4.78, 5) is 0. The number of hydrogen-bond donors (Lipinski definition) is 0. The highest BCUT2D eigenvalue weighted by Crippen LogP contribution is 2.56. The number of benzene rings is 7. The monoisotopic (exact) mass is 630 g/mol. The summed E-state index contributed by atoms with van der Waals surface area (Å²) in [6.07, 6.45) is 0. The second-order valence-corrected chi connectivity index (χ2v) is 13.8. The van der Waals surface area contributed by atoms with E-state index >= 15 is 0 Å². The Morgan fingerprint density at radius 3 is 2.00 bits per heavy atom. The molecule has 0 N–H and O–H groups in total. The molecule has 0 fully saturated rings. The van der Waals surface area contributed by atoms with Crippen LogP contribution >= 0.6 is 11.3 Å². The van der Waals surface area contributed by atoms with Gasteiger partial charge in [0.2, 0.25) is 0 Å². The van der Waals surface area contributed by atoms with Crippen LogP contribution in [0.3, 0.4) is 0 Å². The highest BCUT2D eigenvalue weighted by Gasteiger charge is 2.42. The number of fused-ring (bicyclic) bond motifs is 9. The molecule has 0 atom stereocenters. The fourth-order valence-electron chi connectivity index (χ4n) is 8.02. The van der Waals surface area contributed by atoms with E-state index in [1.807, 2.05) is 17.4 Å². The SMILES string of the molecule is C[N+]1(c2ccc3c(c2)c2ccccc2n3-c2ccc(-c3ccc4sc5ccccc5c4c3)c(C#N)c2)c2ccccc2-c2ccccc21. The van der Waals surface area contributed by atoms with Gasteiger partial charge < -0.3 is 4.57 Å². The Bertz CT molecular complexity index is 2780. The van der Waals surface area contributed by atoms with Gasteiger partial charge in [0.25, 0.3) is 0 Å². The van der Waals surface area contributed by atoms with Gasteiger partial charge in [-0.1, -0.05) is 72.8 Å². The molecule has 3 heterocycles. The van der Waals surface area contributed by atoms with E-state index in [2.05, 4.69) is 163 Å². The number of hydrogen-bond acceptors (Lipinski definition) is 2. The van der Waals surface area contributed by atoms with Gasteiger partial charge in [0, 0.05) is 72.0 Å². The largest absolute Gasteiger partial charge is 0.309 e. The Balaban J connectivity index is 1.15. The lowest BCUT2D eigenvalue weighted by molar-refractivity contribution is 0.643. The number of para-hydroxylation sites is 3. The van der Waals surface area contributed by atoms with Crippen molar-refractivity contribution in [1.82, 2.24) is 9.05 Å². The quantitative estimate of drug-likeness (QED) is 0.179. The minimum absolute atomic E-state index is 0.610. The van der Waals surface area contributed by atoms with Gasteiger partial charge in [0.05, 0.1) is 29.7 Å². The zero-order valence-corrected chi connectivity index (χ0v) is 27.0. The average Bonchev–Trinajstić information content (AvgIpc) is 3.77. The van der Waals surface area contributed by atoms with Gasteiger partial charge in [-0.3, -0.25) is 0 Å². The summed E-state index contributed by atoms with van der Waals surface area (Å²) in [5.74, 6) is 0. The topological polar surface area (TPSA) is 28.7 Å². The number of rotatable bonds is 3. The molecule has 0 spiro atoms. The summed E-state index contributed by atoms with van der Waals surface area (Å²) in [6, 6.07) is 57.0. The predicted molar refractivity (Wildman–Crippen MR) is 203 cm³/mol. The Kier molecular flexibility index (Phi) is 5.66. The molecule has 0 bridgehead atoms. The average molecular weight is 631 g/mol. The standard InChI is InChI=1S/C44H28N3S/c1-47(41-15-7-3-11-34(41)35-12-4-8-16-42(35)47)31-20-22-40-37(26-31)33-10-2-6-14-39(33)46(40)30-19-21-32(29(24-30)27-45)28-18-23-44-38(25-28)36-13-5-9-17-43(36)48-44/h2-26H,1H3/q+1. The van der Waals surface area contributed by atoms with Crippen molar-refractivity contribution in [2.75, 3.05) is 7.05 Å². The summed E-state index contributed by atoms with van der Waals surface area (Å²) in [5.41, 5.74) is 12.2. The van der Waals surface area contributed by atoms with Crippen LogP contribution in [-0.2, 0) is 0 Å². The minimum Gasteiger partial charge on any atom is -0.309 e. The van der Waals surface area contributed by atoms with E-state index in [0.717, 1.165) is 27.8 Å². The van der Waals surface area contributed by atoms with Crippen LogP contribution in [-0.4, -0.2) is 11.6 Å². The van der Waals surface area contributed by atoms with Crippen LogP contribution in [0.25, 0.3) is 69.9 Å². The molecule has 224 valence electrons. The molecular formula is C44H28N3S+. The number of thiophene rings is 1. The minimum atomic E-state index is 0.610. The number of aromatic nitrogens is 1. The third kappa shape index (κ3) is 3.66. The maximum Gasteiger partial charge on any atom is 0.150 e. The normalized spacial score (nSPS) is 13.2. The van der Waals surface area contributed by atoms with E-state index in [1.165, 1.54) is 59.1 Å². The molecule has 7 aromatic carbocycles. The second-order valence-electron chi connectivity index (χ2n) is 12.7. The van der Waals surface area contributed by atoms with Gasteiger partial charge in [-0.15, -0.1) is 11.3 Å². The molecule has 0 unspecified atom stereocenters. The van der Waals surface area contributed by atoms with Gasteiger partial charge in [-0.2, -0.15) is 5.26 Å². The molecule has 2 aromatic heterocycles. The molecule has 0 saturated heterocycles. The van der Waals surface area contributed by atoms with Crippen LogP contribution in [0.5, 0.6) is 0 Å². The Labute approximate surface area is 282 Å². The maximum absolute atomic E-state index is 10.5. The van der Waals surface area contributed by atoms with Crippen LogP contribution in [0, 0.1) is 11.3 Å². The van der Waals surface area contributed by atoms with E-state index in [1.54, 1.807) is 0 Å². The van der Waals surface area contributed by atoms with Gasteiger partial charge in [0.15, 0.2) is 11.4 Å². The van der Waals surface area contributed by atoms with Crippen molar-refractivity contribution in [3.63, 3.8) is 0 Å². The fraction of sp³-hybridized carbons (Fsp3) is 0.0227. The van der Waals surface area contributed by atoms with E-state index in [9.17, 15) is 5.26 Å². The Morgan fingerprint density at radius 1 is 0.542 bits per heavy atom. The van der Waals surface area contributed by atoms with Crippen molar-refractivity contribution in [3.05, 3.63) is 157 Å². The fourth-order valence-corrected chi connectivity index (χ4v) is 9.10. The van der Waals surface area contributed by atoms with Gasteiger partial charge >= 0.3 is 0 Å². The van der Waals surface area contributed by atoms with Crippen molar-refractivity contribution in [2.24, 2.45) is 0 Å². The molecule has 1 aliphatic heterocycles. The summed E-state index contributed by atoms with van der Waals surface area (Å²) in [6.45, 7) is 0. The summed E-state index contributed by atoms with van der Waals surface area (Å²) >= 11 is 1.81. The van der Waals surface area contributed by atoms with E-state index < -0.39 is 0 Å². The third-order valence-electron chi connectivity index (χ3n) is 10.3. The number of quaternary nitrogens is 1. The first-order valence-electron chi connectivity index (χ1n) is 16.2. The first-order chi connectivity index (χ1) is 23.6. The van der Waals surface area contributed by atoms with E-state index in [4.69, 9.17) is 0 Å². The second kappa shape index (κ2) is 10.0. The van der Waals surface area contributed by atoms with Crippen molar-refractivity contribution in [3.8, 4) is 34.0 Å². The summed E-state index contributed by atoms with van der Waals surface area (Å²) < 4.78 is 5.46. The van der Waals surface area contributed by atoms with Gasteiger partial charge in [-0.05, 0) is 65.7 Å². The molecule has 3 nitrogen and oxygen atoms in total. The molecule has 0 aliphatic carbocycles. The van der Waals surface area contributed by atoms with E-state index in [-0.39, 0.29) is 0 Å². The number of nitrogens with zero attached hydrogens (tertiary/aromatic N) is 3. The first kappa shape index (κ1) is 27.2. The number of nitriles is 1. The van der Waals surface area contributed by atoms with Crippen LogP contribution in [0.2, 0.25) is 0 Å². The lowest BCUT2D eigenvalue weighted by Gasteiger charge is -2.30. The zero-order chi connectivity index (χ0) is 32.0. The van der Waals surface area contributed by atoms with Gasteiger partial charge in [-0.25, -0.2) is 4.48 Å². The lowest BCUT2D eigenvalue weighted by atomic mass is 9.98. The van der Waals surface area contributed by atoms with Crippen LogP contribution < -0.4 is 4.48 Å². The molecule has 0 radical (unpaired) electrons. The van der Waals surface area contributed by atoms with E-state index in [0.29, 0.717) is 10.0 Å². The first-order valence-corrected chi connectivity index (χ1v) is 17.0. The van der Waals surface area contributed by atoms with Crippen LogP contribution in [0.1, 0.15) is 5.56 Å². The third-order valence-corrected chi connectivity index (χ3v) is 11.5. The lowest BCUT2D eigenvalue weighted by Crippen LogP contribution is -2.31. The molecule has 4 heteroatoms. The van der Waals surface area contributed by atoms with Crippen molar-refractivity contribution in [1.29, 1.82) is 5.26 Å². The van der Waals surface area contributed by atoms with Crippen LogP contribution in [0.4, 0.5) is 17.1 Å². The van der Waals surface area contributed by atoms with Crippen molar-refractivity contribution < 1.29 is 0 Å².